The second kappa shape index (κ2) is 6.85. The minimum atomic E-state index is -0.284. The van der Waals surface area contributed by atoms with Gasteiger partial charge in [-0.3, -0.25) is 9.20 Å². The number of aromatic nitrogens is 5. The van der Waals surface area contributed by atoms with Crippen molar-refractivity contribution in [2.45, 2.75) is 12.1 Å². The predicted molar refractivity (Wildman–Crippen MR) is 104 cm³/mol. The van der Waals surface area contributed by atoms with Crippen LogP contribution in [0.1, 0.15) is 11.4 Å². The highest BCUT2D eigenvalue weighted by Gasteiger charge is 2.14. The average Bonchev–Trinajstić information content (AvgIpc) is 3.25. The first kappa shape index (κ1) is 16.7. The van der Waals surface area contributed by atoms with Crippen LogP contribution in [0.25, 0.3) is 16.2 Å². The molecule has 0 unspecified atom stereocenters. The first-order chi connectivity index (χ1) is 12.7. The zero-order chi connectivity index (χ0) is 18.1. The molecule has 3 aromatic heterocycles. The van der Waals surface area contributed by atoms with Crippen molar-refractivity contribution < 1.29 is 0 Å². The number of thiazole rings is 1. The molecular formula is C17H14N6OS2. The lowest BCUT2D eigenvalue weighted by molar-refractivity contribution is 0.635. The molecule has 0 aliphatic carbocycles. The molecule has 0 radical (unpaired) electrons. The molecule has 0 amide bonds. The highest BCUT2D eigenvalue weighted by Crippen LogP contribution is 2.25. The van der Waals surface area contributed by atoms with Gasteiger partial charge in [-0.05, 0) is 13.2 Å². The maximum absolute atomic E-state index is 12.4. The summed E-state index contributed by atoms with van der Waals surface area (Å²) in [5.74, 6) is 0. The molecule has 9 heteroatoms. The normalized spacial score (nSPS) is 11.6. The fraction of sp³-hybridized carbons (Fsp3) is 0.118. The molecule has 7 nitrogen and oxygen atoms in total. The zero-order valence-electron chi connectivity index (χ0n) is 14.0. The Morgan fingerprint density at radius 3 is 2.81 bits per heavy atom. The minimum Gasteiger partial charge on any atom is -0.289 e. The van der Waals surface area contributed by atoms with Crippen LogP contribution in [0.15, 0.2) is 57.0 Å². The summed E-state index contributed by atoms with van der Waals surface area (Å²) in [7, 11) is 0. The van der Waals surface area contributed by atoms with E-state index in [9.17, 15) is 4.79 Å². The quantitative estimate of drug-likeness (QED) is 0.401. The highest BCUT2D eigenvalue weighted by molar-refractivity contribution is 7.98. The van der Waals surface area contributed by atoms with Gasteiger partial charge >= 0.3 is 0 Å². The topological polar surface area (TPSA) is 77.4 Å². The number of imidazole rings is 1. The number of rotatable bonds is 4. The first-order valence-electron chi connectivity index (χ1n) is 7.74. The third kappa shape index (κ3) is 2.85. The Hall–Kier alpha value is -2.78. The molecular weight excluding hydrogens is 368 g/mol. The van der Waals surface area contributed by atoms with Crippen LogP contribution < -0.4 is 5.56 Å². The van der Waals surface area contributed by atoms with E-state index in [4.69, 9.17) is 4.98 Å². The largest absolute Gasteiger partial charge is 0.296 e. The minimum absolute atomic E-state index is 0.284. The lowest BCUT2D eigenvalue weighted by atomic mass is 10.1. The Balaban J connectivity index is 1.88. The molecule has 0 aliphatic heterocycles. The van der Waals surface area contributed by atoms with E-state index in [2.05, 4.69) is 15.3 Å². The Bertz CT molecular complexity index is 1160. The summed E-state index contributed by atoms with van der Waals surface area (Å²) in [6, 6.07) is 9.90. The number of fused-ring (bicyclic) bond motifs is 1. The summed E-state index contributed by atoms with van der Waals surface area (Å²) < 4.78 is 3.23. The van der Waals surface area contributed by atoms with Crippen LogP contribution in [0, 0.1) is 6.92 Å². The highest BCUT2D eigenvalue weighted by atomic mass is 32.2. The molecule has 1 aromatic carbocycles. The lowest BCUT2D eigenvalue weighted by Crippen LogP contribution is -2.23. The Morgan fingerprint density at radius 2 is 2.04 bits per heavy atom. The van der Waals surface area contributed by atoms with Crippen molar-refractivity contribution in [3.05, 3.63) is 63.7 Å². The fourth-order valence-electron chi connectivity index (χ4n) is 2.52. The van der Waals surface area contributed by atoms with E-state index < -0.39 is 0 Å². The van der Waals surface area contributed by atoms with Gasteiger partial charge in [0.25, 0.3) is 5.56 Å². The van der Waals surface area contributed by atoms with E-state index in [0.717, 1.165) is 21.9 Å². The fourth-order valence-corrected chi connectivity index (χ4v) is 3.67. The van der Waals surface area contributed by atoms with Crippen molar-refractivity contribution in [1.82, 2.24) is 24.3 Å². The molecule has 26 heavy (non-hydrogen) atoms. The summed E-state index contributed by atoms with van der Waals surface area (Å²) in [5.41, 5.74) is 2.64. The number of thioether (sulfide) groups is 1. The predicted octanol–water partition coefficient (Wildman–Crippen LogP) is 2.93. The molecule has 0 aliphatic rings. The first-order valence-corrected chi connectivity index (χ1v) is 9.85. The van der Waals surface area contributed by atoms with Crippen LogP contribution in [-0.2, 0) is 0 Å². The molecule has 130 valence electrons. The Labute approximate surface area is 157 Å². The van der Waals surface area contributed by atoms with Gasteiger partial charge in [0, 0.05) is 17.1 Å². The van der Waals surface area contributed by atoms with Crippen molar-refractivity contribution in [2.75, 3.05) is 6.26 Å². The summed E-state index contributed by atoms with van der Waals surface area (Å²) in [6.45, 7) is 1.62. The zero-order valence-corrected chi connectivity index (χ0v) is 15.7. The van der Waals surface area contributed by atoms with Crippen LogP contribution in [0.3, 0.4) is 0 Å². The summed E-state index contributed by atoms with van der Waals surface area (Å²) in [6.07, 6.45) is 5.42. The number of nitrogens with zero attached hydrogens (tertiary/aromatic N) is 6. The van der Waals surface area contributed by atoms with E-state index in [1.165, 1.54) is 16.4 Å². The van der Waals surface area contributed by atoms with Crippen molar-refractivity contribution in [3.63, 3.8) is 0 Å². The van der Waals surface area contributed by atoms with Crippen molar-refractivity contribution >= 4 is 34.3 Å². The van der Waals surface area contributed by atoms with Gasteiger partial charge in [0.15, 0.2) is 4.96 Å². The van der Waals surface area contributed by atoms with E-state index in [-0.39, 0.29) is 5.56 Å². The molecule has 0 saturated carbocycles. The maximum Gasteiger partial charge on any atom is 0.296 e. The van der Waals surface area contributed by atoms with Crippen LogP contribution >= 0.6 is 23.1 Å². The third-order valence-corrected chi connectivity index (χ3v) is 5.17. The molecule has 0 saturated heterocycles. The van der Waals surface area contributed by atoms with Crippen LogP contribution in [0.5, 0.6) is 0 Å². The molecule has 4 aromatic rings. The molecule has 4 rings (SSSR count). The maximum atomic E-state index is 12.4. The second-order valence-electron chi connectivity index (χ2n) is 5.40. The summed E-state index contributed by atoms with van der Waals surface area (Å²) in [4.78, 5) is 18.0. The average molecular weight is 382 g/mol. The molecule has 0 N–H and O–H groups in total. The van der Waals surface area contributed by atoms with Crippen molar-refractivity contribution in [3.8, 4) is 11.3 Å². The molecule has 3 heterocycles. The van der Waals surface area contributed by atoms with Crippen LogP contribution in [-0.4, -0.2) is 36.7 Å². The number of hydrogen-bond donors (Lipinski definition) is 0. The van der Waals surface area contributed by atoms with Gasteiger partial charge in [-0.1, -0.05) is 42.1 Å². The molecule has 0 fully saturated rings. The van der Waals surface area contributed by atoms with Crippen LogP contribution in [0.4, 0.5) is 0 Å². The Morgan fingerprint density at radius 1 is 1.23 bits per heavy atom. The van der Waals surface area contributed by atoms with E-state index in [0.29, 0.717) is 10.9 Å². The number of hydrogen-bond acceptors (Lipinski definition) is 7. The Kier molecular flexibility index (Phi) is 4.39. The SMILES string of the molecule is CSc1nnc(C)c(=O)n1/N=C/c1c(-c2ccccc2)nc2sccn12. The lowest BCUT2D eigenvalue weighted by Gasteiger charge is -2.04. The monoisotopic (exact) mass is 382 g/mol. The van der Waals surface area contributed by atoms with Crippen LogP contribution in [0.2, 0.25) is 0 Å². The van der Waals surface area contributed by atoms with Gasteiger partial charge in [0.2, 0.25) is 5.16 Å². The molecule has 0 atom stereocenters. The number of aryl methyl sites for hydroxylation is 1. The van der Waals surface area contributed by atoms with Crippen molar-refractivity contribution in [2.24, 2.45) is 5.10 Å². The smallest absolute Gasteiger partial charge is 0.289 e. The van der Waals surface area contributed by atoms with Gasteiger partial charge in [0.05, 0.1) is 17.6 Å². The second-order valence-corrected chi connectivity index (χ2v) is 7.05. The van der Waals surface area contributed by atoms with E-state index in [1.54, 1.807) is 24.5 Å². The molecule has 0 bridgehead atoms. The molecule has 0 spiro atoms. The van der Waals surface area contributed by atoms with Gasteiger partial charge in [0.1, 0.15) is 5.69 Å². The van der Waals surface area contributed by atoms with E-state index in [1.807, 2.05) is 52.6 Å². The van der Waals surface area contributed by atoms with E-state index >= 15 is 0 Å². The van der Waals surface area contributed by atoms with Gasteiger partial charge in [-0.2, -0.15) is 9.78 Å². The van der Waals surface area contributed by atoms with Crippen molar-refractivity contribution in [1.29, 1.82) is 0 Å². The van der Waals surface area contributed by atoms with Gasteiger partial charge in [-0.25, -0.2) is 4.98 Å². The summed E-state index contributed by atoms with van der Waals surface area (Å²) >= 11 is 2.86. The van der Waals surface area contributed by atoms with Gasteiger partial charge in [-0.15, -0.1) is 21.5 Å². The number of benzene rings is 1. The van der Waals surface area contributed by atoms with Gasteiger partial charge < -0.3 is 0 Å². The standard InChI is InChI=1S/C17H14N6OS2/c1-11-15(24)23(17(25-2)21-20-11)18-10-13-14(12-6-4-3-5-7-12)19-16-22(13)8-9-26-16/h3-10H,1-2H3/b18-10+. The summed E-state index contributed by atoms with van der Waals surface area (Å²) in [5, 5.41) is 14.7. The third-order valence-electron chi connectivity index (χ3n) is 3.79.